The van der Waals surface area contributed by atoms with Crippen LogP contribution in [0.5, 0.6) is 5.75 Å². The summed E-state index contributed by atoms with van der Waals surface area (Å²) in [5.41, 5.74) is 2.31. The quantitative estimate of drug-likeness (QED) is 0.347. The number of rotatable bonds is 11. The number of para-hydroxylation sites is 2. The Morgan fingerprint density at radius 2 is 1.55 bits per heavy atom. The molecule has 29 heavy (non-hydrogen) atoms. The fourth-order valence-electron chi connectivity index (χ4n) is 3.65. The fraction of sp³-hybridized carbons (Fsp3) is 0.440. The van der Waals surface area contributed by atoms with Gasteiger partial charge in [0.05, 0.1) is 17.6 Å². The van der Waals surface area contributed by atoms with E-state index in [1.165, 1.54) is 44.9 Å². The summed E-state index contributed by atoms with van der Waals surface area (Å²) < 4.78 is 7.51. The van der Waals surface area contributed by atoms with Gasteiger partial charge < -0.3 is 4.74 Å². The van der Waals surface area contributed by atoms with Crippen molar-refractivity contribution in [3.8, 4) is 5.75 Å². The molecule has 2 aromatic carbocycles. The van der Waals surface area contributed by atoms with Gasteiger partial charge in [-0.05, 0) is 49.7 Å². The third kappa shape index (κ3) is 5.69. The molecule has 0 saturated carbocycles. The molecule has 0 unspecified atom stereocenters. The summed E-state index contributed by atoms with van der Waals surface area (Å²) in [5, 5.41) is 0. The highest BCUT2D eigenvalue weighted by molar-refractivity contribution is 6.01. The number of hydrogen-bond acceptors (Lipinski definition) is 3. The van der Waals surface area contributed by atoms with E-state index in [1.54, 1.807) is 4.57 Å². The predicted octanol–water partition coefficient (Wildman–Crippen LogP) is 6.55. The number of benzene rings is 2. The summed E-state index contributed by atoms with van der Waals surface area (Å²) in [7, 11) is 0. The van der Waals surface area contributed by atoms with Crippen LogP contribution in [0.2, 0.25) is 0 Å². The van der Waals surface area contributed by atoms with E-state index in [4.69, 9.17) is 4.74 Å². The van der Waals surface area contributed by atoms with Gasteiger partial charge in [-0.3, -0.25) is 9.36 Å². The van der Waals surface area contributed by atoms with Crippen LogP contribution in [0.25, 0.3) is 11.0 Å². The molecule has 154 valence electrons. The third-order valence-corrected chi connectivity index (χ3v) is 5.30. The third-order valence-electron chi connectivity index (χ3n) is 5.30. The normalized spacial score (nSPS) is 11.1. The summed E-state index contributed by atoms with van der Waals surface area (Å²) in [6, 6.07) is 15.1. The van der Waals surface area contributed by atoms with E-state index < -0.39 is 0 Å². The van der Waals surface area contributed by atoms with Gasteiger partial charge in [0.2, 0.25) is 0 Å². The number of ether oxygens (including phenoxy) is 1. The summed E-state index contributed by atoms with van der Waals surface area (Å²) in [5.74, 6) is 1.45. The van der Waals surface area contributed by atoms with Gasteiger partial charge in [-0.1, -0.05) is 64.0 Å². The Hall–Kier alpha value is -2.62. The lowest BCUT2D eigenvalue weighted by atomic mass is 10.1. The number of unbranched alkanes of at least 4 members (excludes halogenated alkanes) is 7. The summed E-state index contributed by atoms with van der Waals surface area (Å²) >= 11 is 0. The molecule has 4 nitrogen and oxygen atoms in total. The zero-order chi connectivity index (χ0) is 20.5. The SMILES string of the molecule is CCCCCCCCCCOc1ccc(C(=O)n2c(C)nc3ccccc32)cc1. The summed E-state index contributed by atoms with van der Waals surface area (Å²) in [4.78, 5) is 17.4. The first-order chi connectivity index (χ1) is 14.2. The van der Waals surface area contributed by atoms with Gasteiger partial charge in [-0.25, -0.2) is 4.98 Å². The minimum absolute atomic E-state index is 0.0641. The van der Waals surface area contributed by atoms with E-state index in [1.807, 2.05) is 55.5 Å². The molecule has 0 amide bonds. The lowest BCUT2D eigenvalue weighted by molar-refractivity contribution is 0.0962. The molecule has 3 rings (SSSR count). The fourth-order valence-corrected chi connectivity index (χ4v) is 3.65. The van der Waals surface area contributed by atoms with Crippen molar-refractivity contribution < 1.29 is 9.53 Å². The maximum Gasteiger partial charge on any atom is 0.263 e. The number of aryl methyl sites for hydroxylation is 1. The number of carbonyl (C=O) groups excluding carboxylic acids is 1. The molecule has 0 aliphatic heterocycles. The molecule has 0 aliphatic rings. The second-order valence-electron chi connectivity index (χ2n) is 7.64. The van der Waals surface area contributed by atoms with Crippen LogP contribution in [-0.4, -0.2) is 22.1 Å². The molecule has 0 aliphatic carbocycles. The van der Waals surface area contributed by atoms with Crippen LogP contribution in [0.15, 0.2) is 48.5 Å². The van der Waals surface area contributed by atoms with Crippen LogP contribution in [0, 0.1) is 6.92 Å². The average Bonchev–Trinajstić information content (AvgIpc) is 3.08. The number of hydrogen-bond donors (Lipinski definition) is 0. The first kappa shape index (κ1) is 21.1. The highest BCUT2D eigenvalue weighted by Crippen LogP contribution is 2.19. The highest BCUT2D eigenvalue weighted by atomic mass is 16.5. The maximum atomic E-state index is 13.0. The van der Waals surface area contributed by atoms with E-state index >= 15 is 0 Å². The zero-order valence-corrected chi connectivity index (χ0v) is 17.7. The van der Waals surface area contributed by atoms with Crippen molar-refractivity contribution in [2.45, 2.75) is 65.2 Å². The molecule has 0 spiro atoms. The van der Waals surface area contributed by atoms with Crippen LogP contribution in [0.1, 0.15) is 74.5 Å². The van der Waals surface area contributed by atoms with Crippen molar-refractivity contribution in [1.82, 2.24) is 9.55 Å². The standard InChI is InChI=1S/C25H32N2O2/c1-3-4-5-6-7-8-9-12-19-29-22-17-15-21(16-18-22)25(28)27-20(2)26-23-13-10-11-14-24(23)27/h10-11,13-18H,3-9,12,19H2,1-2H3. The number of nitrogens with zero attached hydrogens (tertiary/aromatic N) is 2. The molecule has 0 N–H and O–H groups in total. The van der Waals surface area contributed by atoms with Crippen LogP contribution in [0.3, 0.4) is 0 Å². The highest BCUT2D eigenvalue weighted by Gasteiger charge is 2.15. The molecular weight excluding hydrogens is 360 g/mol. The molecule has 0 fully saturated rings. The number of imidazole rings is 1. The lowest BCUT2D eigenvalue weighted by Crippen LogP contribution is -2.13. The van der Waals surface area contributed by atoms with E-state index in [0.717, 1.165) is 29.8 Å². The van der Waals surface area contributed by atoms with E-state index in [-0.39, 0.29) is 5.91 Å². The van der Waals surface area contributed by atoms with Gasteiger partial charge in [0.25, 0.3) is 5.91 Å². The molecule has 4 heteroatoms. The predicted molar refractivity (Wildman–Crippen MR) is 119 cm³/mol. The minimum Gasteiger partial charge on any atom is -0.494 e. The Morgan fingerprint density at radius 3 is 2.28 bits per heavy atom. The van der Waals surface area contributed by atoms with Gasteiger partial charge in [0, 0.05) is 5.56 Å². The Labute approximate surface area is 173 Å². The first-order valence-corrected chi connectivity index (χ1v) is 10.9. The van der Waals surface area contributed by atoms with Crippen LogP contribution < -0.4 is 4.74 Å². The minimum atomic E-state index is -0.0641. The van der Waals surface area contributed by atoms with Crippen LogP contribution in [-0.2, 0) is 0 Å². The van der Waals surface area contributed by atoms with Crippen LogP contribution >= 0.6 is 0 Å². The Bertz CT molecular complexity index is 912. The molecule has 0 bridgehead atoms. The largest absolute Gasteiger partial charge is 0.494 e. The van der Waals surface area contributed by atoms with Gasteiger partial charge in [-0.15, -0.1) is 0 Å². The second-order valence-corrected chi connectivity index (χ2v) is 7.64. The topological polar surface area (TPSA) is 44.1 Å². The summed E-state index contributed by atoms with van der Waals surface area (Å²) in [6.45, 7) is 4.84. The smallest absolute Gasteiger partial charge is 0.263 e. The average molecular weight is 393 g/mol. The maximum absolute atomic E-state index is 13.0. The van der Waals surface area contributed by atoms with Crippen molar-refractivity contribution in [2.24, 2.45) is 0 Å². The van der Waals surface area contributed by atoms with Crippen molar-refractivity contribution in [3.63, 3.8) is 0 Å². The monoisotopic (exact) mass is 392 g/mol. The molecule has 3 aromatic rings. The van der Waals surface area contributed by atoms with Crippen molar-refractivity contribution in [2.75, 3.05) is 6.61 Å². The zero-order valence-electron chi connectivity index (χ0n) is 17.7. The number of carbonyl (C=O) groups is 1. The van der Waals surface area contributed by atoms with E-state index in [2.05, 4.69) is 11.9 Å². The molecule has 1 aromatic heterocycles. The Morgan fingerprint density at radius 1 is 0.897 bits per heavy atom. The van der Waals surface area contributed by atoms with Crippen molar-refractivity contribution in [3.05, 3.63) is 59.9 Å². The Kier molecular flexibility index (Phi) is 7.85. The van der Waals surface area contributed by atoms with Gasteiger partial charge in [0.1, 0.15) is 11.6 Å². The van der Waals surface area contributed by atoms with Gasteiger partial charge >= 0.3 is 0 Å². The van der Waals surface area contributed by atoms with Crippen molar-refractivity contribution in [1.29, 1.82) is 0 Å². The Balaban J connectivity index is 1.47. The van der Waals surface area contributed by atoms with Crippen molar-refractivity contribution >= 4 is 16.9 Å². The first-order valence-electron chi connectivity index (χ1n) is 10.9. The molecule has 0 radical (unpaired) electrons. The number of aromatic nitrogens is 2. The van der Waals surface area contributed by atoms with E-state index in [0.29, 0.717) is 11.4 Å². The number of fused-ring (bicyclic) bond motifs is 1. The van der Waals surface area contributed by atoms with Gasteiger partial charge in [-0.2, -0.15) is 0 Å². The second kappa shape index (κ2) is 10.8. The van der Waals surface area contributed by atoms with E-state index in [9.17, 15) is 4.79 Å². The molecular formula is C25H32N2O2. The molecule has 0 saturated heterocycles. The van der Waals surface area contributed by atoms with Gasteiger partial charge in [0.15, 0.2) is 0 Å². The molecule has 1 heterocycles. The molecule has 0 atom stereocenters. The van der Waals surface area contributed by atoms with Crippen LogP contribution in [0.4, 0.5) is 0 Å². The lowest BCUT2D eigenvalue weighted by Gasteiger charge is -2.08. The summed E-state index contributed by atoms with van der Waals surface area (Å²) in [6.07, 6.45) is 10.3.